The number of amides is 3. The van der Waals surface area contributed by atoms with E-state index in [1.165, 1.54) is 4.31 Å². The molecule has 3 saturated heterocycles. The van der Waals surface area contributed by atoms with Crippen LogP contribution in [0.15, 0.2) is 0 Å². The maximum absolute atomic E-state index is 12.3. The van der Waals surface area contributed by atoms with Gasteiger partial charge in [-0.15, -0.1) is 0 Å². The van der Waals surface area contributed by atoms with Gasteiger partial charge in [-0.2, -0.15) is 0 Å². The fourth-order valence-electron chi connectivity index (χ4n) is 3.14. The number of piperidine rings is 1. The molecule has 3 amide bonds. The van der Waals surface area contributed by atoms with Crippen LogP contribution in [0.1, 0.15) is 25.7 Å². The molecular formula is C12H19N3O5S. The Kier molecular flexibility index (Phi) is 3.66. The number of hydrogen-bond acceptors (Lipinski definition) is 5. The van der Waals surface area contributed by atoms with Crippen LogP contribution in [0.3, 0.4) is 0 Å². The quantitative estimate of drug-likeness (QED) is 0.661. The Morgan fingerprint density at radius 1 is 1.29 bits per heavy atom. The Morgan fingerprint density at radius 3 is 2.52 bits per heavy atom. The highest BCUT2D eigenvalue weighted by Crippen LogP contribution is 2.27. The summed E-state index contributed by atoms with van der Waals surface area (Å²) in [6, 6.07) is -0.504. The fourth-order valence-corrected chi connectivity index (χ4v) is 4.82. The van der Waals surface area contributed by atoms with Gasteiger partial charge in [-0.1, -0.05) is 0 Å². The van der Waals surface area contributed by atoms with Crippen molar-refractivity contribution in [3.8, 4) is 0 Å². The lowest BCUT2D eigenvalue weighted by Gasteiger charge is -2.36. The zero-order valence-corrected chi connectivity index (χ0v) is 12.4. The predicted octanol–water partition coefficient (Wildman–Crippen LogP) is -0.831. The third kappa shape index (κ3) is 2.77. The van der Waals surface area contributed by atoms with Gasteiger partial charge in [-0.25, -0.2) is 17.5 Å². The van der Waals surface area contributed by atoms with E-state index >= 15 is 0 Å². The van der Waals surface area contributed by atoms with Crippen molar-refractivity contribution >= 4 is 22.0 Å². The zero-order chi connectivity index (χ0) is 15.1. The van der Waals surface area contributed by atoms with Crippen LogP contribution in [0.5, 0.6) is 0 Å². The monoisotopic (exact) mass is 317 g/mol. The summed E-state index contributed by atoms with van der Waals surface area (Å²) in [6.07, 6.45) is 2.05. The topological polar surface area (TPSA) is 105 Å². The van der Waals surface area contributed by atoms with Crippen molar-refractivity contribution < 1.29 is 22.7 Å². The second kappa shape index (κ2) is 5.22. The molecule has 0 radical (unpaired) electrons. The number of carbonyl (C=O) groups is 2. The van der Waals surface area contributed by atoms with Crippen LogP contribution < -0.4 is 10.6 Å². The zero-order valence-electron chi connectivity index (χ0n) is 11.6. The summed E-state index contributed by atoms with van der Waals surface area (Å²) in [4.78, 5) is 23.1. The number of urea groups is 1. The molecule has 8 nitrogen and oxygen atoms in total. The Morgan fingerprint density at radius 2 is 2.00 bits per heavy atom. The van der Waals surface area contributed by atoms with Crippen LogP contribution in [0, 0.1) is 0 Å². The number of hydrogen-bond donors (Lipinski definition) is 2. The van der Waals surface area contributed by atoms with Gasteiger partial charge in [0.1, 0.15) is 5.54 Å². The van der Waals surface area contributed by atoms with E-state index in [2.05, 4.69) is 10.6 Å². The van der Waals surface area contributed by atoms with Crippen molar-refractivity contribution in [1.29, 1.82) is 0 Å². The molecule has 3 aliphatic rings. The largest absolute Gasteiger partial charge is 0.377 e. The number of imide groups is 1. The molecule has 3 heterocycles. The van der Waals surface area contributed by atoms with Gasteiger partial charge >= 0.3 is 6.03 Å². The predicted molar refractivity (Wildman–Crippen MR) is 73.0 cm³/mol. The summed E-state index contributed by atoms with van der Waals surface area (Å²) in [7, 11) is -3.38. The molecule has 0 aromatic carbocycles. The molecular weight excluding hydrogens is 298 g/mol. The first-order valence-electron chi connectivity index (χ1n) is 7.14. The number of nitrogens with zero attached hydrogens (tertiary/aromatic N) is 1. The van der Waals surface area contributed by atoms with Crippen molar-refractivity contribution in [1.82, 2.24) is 14.9 Å². The highest BCUT2D eigenvalue weighted by Gasteiger charge is 2.49. The van der Waals surface area contributed by atoms with Crippen molar-refractivity contribution in [3.05, 3.63) is 0 Å². The van der Waals surface area contributed by atoms with Gasteiger partial charge in [0.05, 0.1) is 11.9 Å². The third-order valence-electron chi connectivity index (χ3n) is 4.40. The van der Waals surface area contributed by atoms with Crippen LogP contribution in [-0.2, 0) is 19.6 Å². The molecule has 1 atom stereocenters. The molecule has 21 heavy (non-hydrogen) atoms. The SMILES string of the molecule is O=C1NC(=O)C2(CCN(S(=O)(=O)CC3CCCO3)CC2)N1. The molecule has 3 rings (SSSR count). The van der Waals surface area contributed by atoms with E-state index in [-0.39, 0.29) is 30.9 Å². The van der Waals surface area contributed by atoms with Gasteiger partial charge in [0, 0.05) is 19.7 Å². The summed E-state index contributed by atoms with van der Waals surface area (Å²) < 4.78 is 31.5. The van der Waals surface area contributed by atoms with Crippen LogP contribution in [0.2, 0.25) is 0 Å². The van der Waals surface area contributed by atoms with Gasteiger partial charge in [0.25, 0.3) is 5.91 Å². The average molecular weight is 317 g/mol. The van der Waals surface area contributed by atoms with E-state index in [1.807, 2.05) is 0 Å². The number of sulfonamides is 1. The maximum atomic E-state index is 12.3. The normalized spacial score (nSPS) is 29.6. The number of rotatable bonds is 3. The van der Waals surface area contributed by atoms with E-state index < -0.39 is 21.6 Å². The molecule has 9 heteroatoms. The highest BCUT2D eigenvalue weighted by molar-refractivity contribution is 7.89. The summed E-state index contributed by atoms with van der Waals surface area (Å²) in [5, 5.41) is 4.83. The average Bonchev–Trinajstić information content (AvgIpc) is 2.99. The maximum Gasteiger partial charge on any atom is 0.322 e. The summed E-state index contributed by atoms with van der Waals surface area (Å²) >= 11 is 0. The molecule has 0 bridgehead atoms. The fraction of sp³-hybridized carbons (Fsp3) is 0.833. The van der Waals surface area contributed by atoms with Gasteiger partial charge < -0.3 is 10.1 Å². The summed E-state index contributed by atoms with van der Waals surface area (Å²) in [5.74, 6) is -0.359. The van der Waals surface area contributed by atoms with Gasteiger partial charge in [0.15, 0.2) is 0 Å². The smallest absolute Gasteiger partial charge is 0.322 e. The first-order valence-corrected chi connectivity index (χ1v) is 8.75. The molecule has 0 aromatic heterocycles. The first kappa shape index (κ1) is 14.7. The highest BCUT2D eigenvalue weighted by atomic mass is 32.2. The Labute approximate surface area is 123 Å². The molecule has 1 unspecified atom stereocenters. The lowest BCUT2D eigenvalue weighted by Crippen LogP contribution is -2.56. The molecule has 3 aliphatic heterocycles. The summed E-state index contributed by atoms with van der Waals surface area (Å²) in [6.45, 7) is 1.10. The van der Waals surface area contributed by atoms with Gasteiger partial charge in [0.2, 0.25) is 10.0 Å². The van der Waals surface area contributed by atoms with E-state index in [9.17, 15) is 18.0 Å². The minimum atomic E-state index is -3.38. The molecule has 0 saturated carbocycles. The summed E-state index contributed by atoms with van der Waals surface area (Å²) in [5.41, 5.74) is -0.938. The van der Waals surface area contributed by atoms with Gasteiger partial charge in [-0.3, -0.25) is 10.1 Å². The van der Waals surface area contributed by atoms with Crippen LogP contribution in [-0.4, -0.2) is 61.8 Å². The number of nitrogens with one attached hydrogen (secondary N) is 2. The second-order valence-corrected chi connectivity index (χ2v) is 7.82. The van der Waals surface area contributed by atoms with Crippen molar-refractivity contribution in [3.63, 3.8) is 0 Å². The standard InChI is InChI=1S/C12H19N3O5S/c16-10-12(14-11(17)13-10)3-5-15(6-4-12)21(18,19)8-9-2-1-7-20-9/h9H,1-8H2,(H2,13,14,16,17). The Hall–Kier alpha value is -1.19. The Bertz CT molecular complexity index is 547. The molecule has 0 aromatic rings. The van der Waals surface area contributed by atoms with Gasteiger partial charge in [-0.05, 0) is 25.7 Å². The second-order valence-electron chi connectivity index (χ2n) is 5.80. The molecule has 0 aliphatic carbocycles. The van der Waals surface area contributed by atoms with Crippen molar-refractivity contribution in [2.45, 2.75) is 37.3 Å². The molecule has 2 N–H and O–H groups in total. The van der Waals surface area contributed by atoms with E-state index in [4.69, 9.17) is 4.74 Å². The van der Waals surface area contributed by atoms with Crippen LogP contribution >= 0.6 is 0 Å². The van der Waals surface area contributed by atoms with E-state index in [0.29, 0.717) is 19.4 Å². The number of carbonyl (C=O) groups excluding carboxylic acids is 2. The van der Waals surface area contributed by atoms with E-state index in [0.717, 1.165) is 12.8 Å². The van der Waals surface area contributed by atoms with E-state index in [1.54, 1.807) is 0 Å². The lowest BCUT2D eigenvalue weighted by molar-refractivity contribution is -0.125. The van der Waals surface area contributed by atoms with Crippen LogP contribution in [0.4, 0.5) is 4.79 Å². The van der Waals surface area contributed by atoms with Crippen molar-refractivity contribution in [2.75, 3.05) is 25.4 Å². The molecule has 118 valence electrons. The number of ether oxygens (including phenoxy) is 1. The van der Waals surface area contributed by atoms with Crippen molar-refractivity contribution in [2.24, 2.45) is 0 Å². The molecule has 1 spiro atoms. The minimum absolute atomic E-state index is 0.00143. The third-order valence-corrected chi connectivity index (χ3v) is 6.35. The van der Waals surface area contributed by atoms with Crippen LogP contribution in [0.25, 0.3) is 0 Å². The Balaban J connectivity index is 1.62. The molecule has 3 fully saturated rings. The lowest BCUT2D eigenvalue weighted by atomic mass is 9.89. The first-order chi connectivity index (χ1) is 9.91. The minimum Gasteiger partial charge on any atom is -0.377 e.